The molecule has 3 rings (SSSR count). The number of piperidine rings is 1. The van der Waals surface area contributed by atoms with Crippen molar-refractivity contribution in [3.8, 4) is 0 Å². The second-order valence-corrected chi connectivity index (χ2v) is 7.58. The molecular formula is C20H27F2NO3. The number of aliphatic hydroxyl groups is 1. The molecule has 1 heterocycles. The lowest BCUT2D eigenvalue weighted by atomic mass is 9.83. The largest absolute Gasteiger partial charge is 0.460 e. The molecule has 0 aromatic heterocycles. The van der Waals surface area contributed by atoms with Gasteiger partial charge in [0.1, 0.15) is 6.10 Å². The normalized spacial score (nSPS) is 25.6. The van der Waals surface area contributed by atoms with E-state index in [1.807, 2.05) is 0 Å². The van der Waals surface area contributed by atoms with E-state index >= 15 is 0 Å². The number of carbonyl (C=O) groups excluding carboxylic acids is 1. The Kier molecular flexibility index (Phi) is 5.92. The number of halogens is 2. The average Bonchev–Trinajstić information content (AvgIpc) is 2.99. The van der Waals surface area contributed by atoms with E-state index in [9.17, 15) is 18.7 Å². The summed E-state index contributed by atoms with van der Waals surface area (Å²) in [4.78, 5) is 12.8. The third-order valence-electron chi connectivity index (χ3n) is 5.59. The molecular weight excluding hydrogens is 340 g/mol. The van der Waals surface area contributed by atoms with Gasteiger partial charge in [-0.25, -0.2) is 13.6 Å². The zero-order chi connectivity index (χ0) is 18.6. The molecule has 4 nitrogen and oxygen atoms in total. The second kappa shape index (κ2) is 8.01. The Balaban J connectivity index is 1.71. The monoisotopic (exact) mass is 367 g/mol. The summed E-state index contributed by atoms with van der Waals surface area (Å²) < 4.78 is 32.1. The maximum atomic E-state index is 13.4. The number of nitrogens with one attached hydrogen (secondary N) is 1. The minimum Gasteiger partial charge on any atom is -0.460 e. The molecule has 6 heteroatoms. The van der Waals surface area contributed by atoms with Crippen molar-refractivity contribution in [2.75, 3.05) is 13.1 Å². The molecule has 1 aromatic carbocycles. The molecule has 2 atom stereocenters. The van der Waals surface area contributed by atoms with Crippen LogP contribution >= 0.6 is 0 Å². The van der Waals surface area contributed by atoms with Crippen LogP contribution in [0.4, 0.5) is 8.78 Å². The summed E-state index contributed by atoms with van der Waals surface area (Å²) in [6.45, 7) is 1.88. The zero-order valence-corrected chi connectivity index (χ0v) is 14.9. The number of alkyl halides is 2. The number of benzene rings is 1. The number of carbonyl (C=O) groups is 1. The molecule has 0 amide bonds. The van der Waals surface area contributed by atoms with Crippen molar-refractivity contribution in [1.82, 2.24) is 5.32 Å². The average molecular weight is 367 g/mol. The van der Waals surface area contributed by atoms with Gasteiger partial charge in [0, 0.05) is 12.8 Å². The number of rotatable bonds is 6. The SMILES string of the molecule is O=C(O[C@@H]1CCC(F)(F)C1)[C@@](O)(CCC1CCNCC1)c1ccccc1. The van der Waals surface area contributed by atoms with Crippen LogP contribution in [0.2, 0.25) is 0 Å². The fourth-order valence-electron chi connectivity index (χ4n) is 3.92. The van der Waals surface area contributed by atoms with E-state index in [1.165, 1.54) is 0 Å². The van der Waals surface area contributed by atoms with Crippen LogP contribution in [0.3, 0.4) is 0 Å². The summed E-state index contributed by atoms with van der Waals surface area (Å²) in [6, 6.07) is 8.68. The molecule has 0 spiro atoms. The second-order valence-electron chi connectivity index (χ2n) is 7.58. The Morgan fingerprint density at radius 2 is 1.92 bits per heavy atom. The van der Waals surface area contributed by atoms with Crippen LogP contribution in [0.5, 0.6) is 0 Å². The first-order chi connectivity index (χ1) is 12.4. The van der Waals surface area contributed by atoms with Gasteiger partial charge in [0.2, 0.25) is 0 Å². The summed E-state index contributed by atoms with van der Waals surface area (Å²) in [6.07, 6.45) is 1.53. The van der Waals surface area contributed by atoms with E-state index in [-0.39, 0.29) is 19.3 Å². The molecule has 1 aliphatic carbocycles. The Bertz CT molecular complexity index is 604. The van der Waals surface area contributed by atoms with E-state index in [0.29, 0.717) is 17.9 Å². The van der Waals surface area contributed by atoms with E-state index in [2.05, 4.69) is 5.32 Å². The quantitative estimate of drug-likeness (QED) is 0.757. The lowest BCUT2D eigenvalue weighted by Gasteiger charge is -2.31. The maximum Gasteiger partial charge on any atom is 0.343 e. The van der Waals surface area contributed by atoms with Crippen molar-refractivity contribution in [2.45, 2.75) is 62.6 Å². The molecule has 0 radical (unpaired) electrons. The molecule has 144 valence electrons. The first-order valence-corrected chi connectivity index (χ1v) is 9.47. The highest BCUT2D eigenvalue weighted by Crippen LogP contribution is 2.38. The minimum absolute atomic E-state index is 0.137. The topological polar surface area (TPSA) is 58.6 Å². The van der Waals surface area contributed by atoms with E-state index < -0.39 is 30.0 Å². The standard InChI is InChI=1S/C20H27F2NO3/c21-19(22)10-7-17(14-19)26-18(24)20(25,16-4-2-1-3-5-16)11-6-15-8-12-23-13-9-15/h1-5,15,17,23,25H,6-14H2/t17-,20-/m1/s1. The van der Waals surface area contributed by atoms with Gasteiger partial charge in [-0.15, -0.1) is 0 Å². The predicted molar refractivity (Wildman–Crippen MR) is 93.8 cm³/mol. The van der Waals surface area contributed by atoms with Crippen LogP contribution in [0, 0.1) is 5.92 Å². The van der Waals surface area contributed by atoms with Crippen molar-refractivity contribution in [1.29, 1.82) is 0 Å². The highest BCUT2D eigenvalue weighted by Gasteiger charge is 2.45. The van der Waals surface area contributed by atoms with Gasteiger partial charge in [-0.2, -0.15) is 0 Å². The van der Waals surface area contributed by atoms with Crippen molar-refractivity contribution in [3.63, 3.8) is 0 Å². The molecule has 0 unspecified atom stereocenters. The highest BCUT2D eigenvalue weighted by atomic mass is 19.3. The van der Waals surface area contributed by atoms with Crippen LogP contribution in [-0.2, 0) is 15.1 Å². The third kappa shape index (κ3) is 4.60. The maximum absolute atomic E-state index is 13.4. The Labute approximate surface area is 152 Å². The van der Waals surface area contributed by atoms with Crippen molar-refractivity contribution in [2.24, 2.45) is 5.92 Å². The minimum atomic E-state index is -2.79. The third-order valence-corrected chi connectivity index (χ3v) is 5.59. The number of hydrogen-bond acceptors (Lipinski definition) is 4. The van der Waals surface area contributed by atoms with Gasteiger partial charge in [-0.1, -0.05) is 30.3 Å². The van der Waals surface area contributed by atoms with Gasteiger partial charge >= 0.3 is 5.97 Å². The smallest absolute Gasteiger partial charge is 0.343 e. The van der Waals surface area contributed by atoms with Gasteiger partial charge < -0.3 is 15.2 Å². The molecule has 2 N–H and O–H groups in total. The van der Waals surface area contributed by atoms with Crippen molar-refractivity contribution in [3.05, 3.63) is 35.9 Å². The molecule has 1 aliphatic heterocycles. The molecule has 1 saturated heterocycles. The van der Waals surface area contributed by atoms with E-state index in [0.717, 1.165) is 25.9 Å². The molecule has 1 saturated carbocycles. The molecule has 1 aromatic rings. The number of hydrogen-bond donors (Lipinski definition) is 2. The van der Waals surface area contributed by atoms with Crippen LogP contribution in [-0.4, -0.2) is 36.2 Å². The first-order valence-electron chi connectivity index (χ1n) is 9.47. The van der Waals surface area contributed by atoms with Gasteiger partial charge in [0.15, 0.2) is 5.60 Å². The number of esters is 1. The molecule has 2 aliphatic rings. The van der Waals surface area contributed by atoms with Crippen LogP contribution in [0.15, 0.2) is 30.3 Å². The van der Waals surface area contributed by atoms with Gasteiger partial charge in [0.05, 0.1) is 0 Å². The molecule has 2 fully saturated rings. The lowest BCUT2D eigenvalue weighted by Crippen LogP contribution is -2.40. The lowest BCUT2D eigenvalue weighted by molar-refractivity contribution is -0.174. The zero-order valence-electron chi connectivity index (χ0n) is 14.9. The van der Waals surface area contributed by atoms with Crippen molar-refractivity contribution < 1.29 is 23.4 Å². The van der Waals surface area contributed by atoms with Gasteiger partial charge in [-0.3, -0.25) is 0 Å². The summed E-state index contributed by atoms with van der Waals surface area (Å²) in [7, 11) is 0. The molecule has 0 bridgehead atoms. The Morgan fingerprint density at radius 3 is 2.54 bits per heavy atom. The Morgan fingerprint density at radius 1 is 1.23 bits per heavy atom. The summed E-state index contributed by atoms with van der Waals surface area (Å²) in [5.41, 5.74) is -1.33. The van der Waals surface area contributed by atoms with E-state index in [1.54, 1.807) is 30.3 Å². The van der Waals surface area contributed by atoms with Crippen LogP contribution in [0.25, 0.3) is 0 Å². The number of ether oxygens (including phenoxy) is 1. The van der Waals surface area contributed by atoms with Crippen LogP contribution in [0.1, 0.15) is 50.5 Å². The summed E-state index contributed by atoms with van der Waals surface area (Å²) >= 11 is 0. The first kappa shape index (κ1) is 19.2. The highest BCUT2D eigenvalue weighted by molar-refractivity contribution is 5.81. The summed E-state index contributed by atoms with van der Waals surface area (Å²) in [5.74, 6) is -3.15. The summed E-state index contributed by atoms with van der Waals surface area (Å²) in [5, 5.41) is 14.5. The fraction of sp³-hybridized carbons (Fsp3) is 0.650. The predicted octanol–water partition coefficient (Wildman–Crippen LogP) is 3.39. The van der Waals surface area contributed by atoms with Gasteiger partial charge in [0.25, 0.3) is 5.92 Å². The van der Waals surface area contributed by atoms with E-state index in [4.69, 9.17) is 4.74 Å². The van der Waals surface area contributed by atoms with Crippen molar-refractivity contribution >= 4 is 5.97 Å². The van der Waals surface area contributed by atoms with Crippen LogP contribution < -0.4 is 5.32 Å². The fourth-order valence-corrected chi connectivity index (χ4v) is 3.92. The Hall–Kier alpha value is -1.53. The molecule has 26 heavy (non-hydrogen) atoms. The van der Waals surface area contributed by atoms with Gasteiger partial charge in [-0.05, 0) is 56.7 Å².